The van der Waals surface area contributed by atoms with E-state index >= 15 is 0 Å². The minimum atomic E-state index is 0.0924. The number of aliphatic hydroxyl groups excluding tert-OH is 1. The summed E-state index contributed by atoms with van der Waals surface area (Å²) in [6.07, 6.45) is 6.88. The summed E-state index contributed by atoms with van der Waals surface area (Å²) in [5.74, 6) is 1.49. The van der Waals surface area contributed by atoms with E-state index < -0.39 is 0 Å². The fourth-order valence-electron chi connectivity index (χ4n) is 3.34. The number of urea groups is 1. The first-order valence-electron chi connectivity index (χ1n) is 7.37. The lowest BCUT2D eigenvalue weighted by Crippen LogP contribution is -2.43. The molecule has 4 heteroatoms. The predicted molar refractivity (Wildman–Crippen MR) is 71.3 cm³/mol. The molecule has 2 amide bonds. The first-order valence-corrected chi connectivity index (χ1v) is 7.37. The number of nitrogens with zero attached hydrogens (tertiary/aromatic N) is 1. The van der Waals surface area contributed by atoms with Gasteiger partial charge in [0.15, 0.2) is 0 Å². The van der Waals surface area contributed by atoms with Crippen LogP contribution in [0.25, 0.3) is 0 Å². The minimum absolute atomic E-state index is 0.0924. The van der Waals surface area contributed by atoms with E-state index in [1.54, 1.807) is 0 Å². The van der Waals surface area contributed by atoms with Crippen molar-refractivity contribution in [3.63, 3.8) is 0 Å². The van der Waals surface area contributed by atoms with E-state index in [2.05, 4.69) is 5.32 Å². The molecule has 2 fully saturated rings. The summed E-state index contributed by atoms with van der Waals surface area (Å²) < 4.78 is 0. The number of fused-ring (bicyclic) bond motifs is 1. The molecule has 3 atom stereocenters. The average molecular weight is 254 g/mol. The highest BCUT2D eigenvalue weighted by molar-refractivity contribution is 5.74. The molecule has 3 unspecified atom stereocenters. The molecule has 0 spiro atoms. The minimum Gasteiger partial charge on any atom is -0.396 e. The predicted octanol–water partition coefficient (Wildman–Crippen LogP) is 1.98. The quantitative estimate of drug-likeness (QED) is 0.806. The molecule has 1 aliphatic carbocycles. The van der Waals surface area contributed by atoms with Crippen LogP contribution < -0.4 is 5.32 Å². The zero-order valence-corrected chi connectivity index (χ0v) is 11.4. The number of amides is 2. The summed E-state index contributed by atoms with van der Waals surface area (Å²) >= 11 is 0. The van der Waals surface area contributed by atoms with Gasteiger partial charge in [-0.25, -0.2) is 4.79 Å². The third-order valence-corrected chi connectivity index (χ3v) is 4.43. The van der Waals surface area contributed by atoms with Crippen LogP contribution in [-0.4, -0.2) is 41.8 Å². The maximum Gasteiger partial charge on any atom is 0.317 e. The molecule has 2 rings (SSSR count). The van der Waals surface area contributed by atoms with Crippen molar-refractivity contribution in [1.29, 1.82) is 0 Å². The first kappa shape index (κ1) is 13.7. The number of likely N-dealkylation sites (tertiary alicyclic amines) is 1. The van der Waals surface area contributed by atoms with Gasteiger partial charge in [0.2, 0.25) is 0 Å². The second kappa shape index (κ2) is 6.41. The van der Waals surface area contributed by atoms with Gasteiger partial charge in [-0.05, 0) is 44.4 Å². The van der Waals surface area contributed by atoms with E-state index in [1.165, 1.54) is 25.7 Å². The number of carbonyl (C=O) groups excluding carboxylic acids is 1. The van der Waals surface area contributed by atoms with Crippen LogP contribution >= 0.6 is 0 Å². The number of hydrogen-bond acceptors (Lipinski definition) is 2. The van der Waals surface area contributed by atoms with Gasteiger partial charge >= 0.3 is 6.03 Å². The zero-order valence-electron chi connectivity index (χ0n) is 11.4. The number of nitrogens with one attached hydrogen (secondary N) is 1. The molecule has 1 aliphatic heterocycles. The standard InChI is InChI=1S/C14H26N2O2/c1-11(5-4-8-17)15-14(18)16-9-12-6-2-3-7-13(12)10-16/h11-13,17H,2-10H2,1H3,(H,15,18). The molecule has 0 aromatic heterocycles. The normalized spacial score (nSPS) is 28.9. The Morgan fingerprint density at radius 2 is 1.94 bits per heavy atom. The van der Waals surface area contributed by atoms with Crippen molar-refractivity contribution in [2.24, 2.45) is 11.8 Å². The van der Waals surface area contributed by atoms with E-state index in [9.17, 15) is 4.79 Å². The number of aliphatic hydroxyl groups is 1. The molecule has 2 aliphatic rings. The van der Waals surface area contributed by atoms with Crippen LogP contribution in [0.15, 0.2) is 0 Å². The van der Waals surface area contributed by atoms with Crippen molar-refractivity contribution < 1.29 is 9.90 Å². The lowest BCUT2D eigenvalue weighted by molar-refractivity contribution is 0.200. The highest BCUT2D eigenvalue weighted by atomic mass is 16.3. The SMILES string of the molecule is CC(CCCO)NC(=O)N1CC2CCCCC2C1. The highest BCUT2D eigenvalue weighted by Crippen LogP contribution is 2.35. The van der Waals surface area contributed by atoms with Gasteiger partial charge in [-0.1, -0.05) is 12.8 Å². The van der Waals surface area contributed by atoms with Crippen molar-refractivity contribution in [3.05, 3.63) is 0 Å². The van der Waals surface area contributed by atoms with Gasteiger partial charge in [0.05, 0.1) is 0 Å². The Balaban J connectivity index is 1.76. The summed E-state index contributed by atoms with van der Waals surface area (Å²) in [5.41, 5.74) is 0. The van der Waals surface area contributed by atoms with E-state index in [1.807, 2.05) is 11.8 Å². The third kappa shape index (κ3) is 3.37. The van der Waals surface area contributed by atoms with Crippen LogP contribution in [0.3, 0.4) is 0 Å². The molecule has 1 heterocycles. The average Bonchev–Trinajstić information content (AvgIpc) is 2.80. The third-order valence-electron chi connectivity index (χ3n) is 4.43. The van der Waals surface area contributed by atoms with Crippen molar-refractivity contribution >= 4 is 6.03 Å². The summed E-state index contributed by atoms with van der Waals surface area (Å²) in [6.45, 7) is 4.11. The maximum absolute atomic E-state index is 12.1. The Hall–Kier alpha value is -0.770. The van der Waals surface area contributed by atoms with Gasteiger partial charge in [0.25, 0.3) is 0 Å². The van der Waals surface area contributed by atoms with E-state index in [-0.39, 0.29) is 18.7 Å². The van der Waals surface area contributed by atoms with E-state index in [4.69, 9.17) is 5.11 Å². The number of carbonyl (C=O) groups is 1. The molecule has 2 N–H and O–H groups in total. The second-order valence-corrected chi connectivity index (χ2v) is 5.93. The van der Waals surface area contributed by atoms with Crippen molar-refractivity contribution in [2.75, 3.05) is 19.7 Å². The Morgan fingerprint density at radius 3 is 2.50 bits per heavy atom. The van der Waals surface area contributed by atoms with Crippen LogP contribution in [0.4, 0.5) is 4.79 Å². The van der Waals surface area contributed by atoms with Gasteiger partial charge < -0.3 is 15.3 Å². The highest BCUT2D eigenvalue weighted by Gasteiger charge is 2.36. The zero-order chi connectivity index (χ0) is 13.0. The van der Waals surface area contributed by atoms with Crippen molar-refractivity contribution in [1.82, 2.24) is 10.2 Å². The lowest BCUT2D eigenvalue weighted by Gasteiger charge is -2.22. The first-order chi connectivity index (χ1) is 8.70. The molecule has 104 valence electrons. The monoisotopic (exact) mass is 254 g/mol. The van der Waals surface area contributed by atoms with Gasteiger partial charge in [0, 0.05) is 25.7 Å². The van der Waals surface area contributed by atoms with Crippen LogP contribution in [0.1, 0.15) is 45.4 Å². The van der Waals surface area contributed by atoms with Crippen LogP contribution in [0.2, 0.25) is 0 Å². The Labute approximate surface area is 110 Å². The molecule has 18 heavy (non-hydrogen) atoms. The molecule has 0 aromatic rings. The van der Waals surface area contributed by atoms with Gasteiger partial charge in [0.1, 0.15) is 0 Å². The Bertz CT molecular complexity index is 269. The van der Waals surface area contributed by atoms with Crippen molar-refractivity contribution in [3.8, 4) is 0 Å². The molecule has 1 saturated carbocycles. The lowest BCUT2D eigenvalue weighted by atomic mass is 9.82. The molecule has 1 saturated heterocycles. The fraction of sp³-hybridized carbons (Fsp3) is 0.929. The molecule has 0 aromatic carbocycles. The van der Waals surface area contributed by atoms with Crippen LogP contribution in [0.5, 0.6) is 0 Å². The topological polar surface area (TPSA) is 52.6 Å². The number of hydrogen-bond donors (Lipinski definition) is 2. The summed E-state index contributed by atoms with van der Waals surface area (Å²) in [5, 5.41) is 11.8. The van der Waals surface area contributed by atoms with E-state index in [0.717, 1.165) is 37.8 Å². The van der Waals surface area contributed by atoms with Crippen LogP contribution in [-0.2, 0) is 0 Å². The van der Waals surface area contributed by atoms with E-state index in [0.29, 0.717) is 0 Å². The molecular formula is C14H26N2O2. The Kier molecular flexibility index (Phi) is 4.87. The summed E-state index contributed by atoms with van der Waals surface area (Å²) in [4.78, 5) is 14.1. The molecule has 4 nitrogen and oxygen atoms in total. The summed E-state index contributed by atoms with van der Waals surface area (Å²) in [7, 11) is 0. The van der Waals surface area contributed by atoms with Gasteiger partial charge in [-0.15, -0.1) is 0 Å². The molecular weight excluding hydrogens is 228 g/mol. The largest absolute Gasteiger partial charge is 0.396 e. The maximum atomic E-state index is 12.1. The van der Waals surface area contributed by atoms with Gasteiger partial charge in [-0.3, -0.25) is 0 Å². The number of rotatable bonds is 4. The van der Waals surface area contributed by atoms with Crippen LogP contribution in [0, 0.1) is 11.8 Å². The Morgan fingerprint density at radius 1 is 1.33 bits per heavy atom. The summed E-state index contributed by atoms with van der Waals surface area (Å²) in [6, 6.07) is 0.252. The fourth-order valence-corrected chi connectivity index (χ4v) is 3.34. The second-order valence-electron chi connectivity index (χ2n) is 5.93. The van der Waals surface area contributed by atoms with Crippen molar-refractivity contribution in [2.45, 2.75) is 51.5 Å². The van der Waals surface area contributed by atoms with Gasteiger partial charge in [-0.2, -0.15) is 0 Å². The smallest absolute Gasteiger partial charge is 0.317 e. The molecule has 0 radical (unpaired) electrons. The molecule has 0 bridgehead atoms.